The lowest BCUT2D eigenvalue weighted by molar-refractivity contribution is -0.121. The summed E-state index contributed by atoms with van der Waals surface area (Å²) in [5.41, 5.74) is 3.16. The number of hydrogen-bond donors (Lipinski definition) is 1. The molecule has 0 radical (unpaired) electrons. The van der Waals surface area contributed by atoms with E-state index in [9.17, 15) is 4.79 Å². The number of rotatable bonds is 7. The zero-order valence-electron chi connectivity index (χ0n) is 15.1. The summed E-state index contributed by atoms with van der Waals surface area (Å²) in [6.07, 6.45) is 6.49. The summed E-state index contributed by atoms with van der Waals surface area (Å²) in [6, 6.07) is 15.8. The van der Waals surface area contributed by atoms with Crippen LogP contribution < -0.4 is 10.1 Å². The Hall–Kier alpha value is -3.08. The van der Waals surface area contributed by atoms with Crippen LogP contribution in [0.2, 0.25) is 0 Å². The Kier molecular flexibility index (Phi) is 5.69. The van der Waals surface area contributed by atoms with Crippen molar-refractivity contribution in [3.8, 4) is 11.4 Å². The van der Waals surface area contributed by atoms with Crippen molar-refractivity contribution in [1.82, 2.24) is 14.9 Å². The van der Waals surface area contributed by atoms with E-state index >= 15 is 0 Å². The fourth-order valence-corrected chi connectivity index (χ4v) is 2.90. The first-order valence-electron chi connectivity index (χ1n) is 8.67. The minimum absolute atomic E-state index is 0.0297. The predicted molar refractivity (Wildman–Crippen MR) is 101 cm³/mol. The van der Waals surface area contributed by atoms with Crippen molar-refractivity contribution in [2.24, 2.45) is 0 Å². The zero-order chi connectivity index (χ0) is 18.4. The van der Waals surface area contributed by atoms with Crippen LogP contribution in [0.15, 0.2) is 67.3 Å². The average Bonchev–Trinajstić information content (AvgIpc) is 3.21. The first-order valence-corrected chi connectivity index (χ1v) is 8.67. The maximum atomic E-state index is 12.3. The second-order valence-corrected chi connectivity index (χ2v) is 6.16. The molecular formula is C21H23N3O2. The Morgan fingerprint density at radius 2 is 1.96 bits per heavy atom. The number of hydrogen-bond acceptors (Lipinski definition) is 3. The lowest BCUT2D eigenvalue weighted by Gasteiger charge is -2.15. The van der Waals surface area contributed by atoms with Crippen LogP contribution in [0.25, 0.3) is 5.69 Å². The highest BCUT2D eigenvalue weighted by Crippen LogP contribution is 2.19. The van der Waals surface area contributed by atoms with Gasteiger partial charge in [-0.05, 0) is 42.7 Å². The van der Waals surface area contributed by atoms with Crippen LogP contribution in [-0.2, 0) is 11.2 Å². The number of methoxy groups -OCH3 is 1. The molecule has 0 bridgehead atoms. The molecule has 2 aromatic carbocycles. The van der Waals surface area contributed by atoms with Gasteiger partial charge in [0, 0.05) is 24.5 Å². The van der Waals surface area contributed by atoms with Gasteiger partial charge in [-0.1, -0.05) is 30.3 Å². The Balaban J connectivity index is 1.55. The molecule has 1 atom stereocenters. The van der Waals surface area contributed by atoms with Gasteiger partial charge in [-0.2, -0.15) is 0 Å². The van der Waals surface area contributed by atoms with Crippen LogP contribution in [-0.4, -0.2) is 22.6 Å². The number of aryl methyl sites for hydroxylation is 1. The molecule has 3 rings (SSSR count). The van der Waals surface area contributed by atoms with Crippen molar-refractivity contribution < 1.29 is 9.53 Å². The van der Waals surface area contributed by atoms with Crippen molar-refractivity contribution in [2.75, 3.05) is 7.11 Å². The van der Waals surface area contributed by atoms with E-state index in [0.717, 1.165) is 22.6 Å². The number of carbonyl (C=O) groups excluding carboxylic acids is 1. The van der Waals surface area contributed by atoms with Gasteiger partial charge in [0.05, 0.1) is 19.5 Å². The predicted octanol–water partition coefficient (Wildman–Crippen LogP) is 3.69. The summed E-state index contributed by atoms with van der Waals surface area (Å²) in [5, 5.41) is 3.06. The molecule has 134 valence electrons. The van der Waals surface area contributed by atoms with Gasteiger partial charge < -0.3 is 14.6 Å². The van der Waals surface area contributed by atoms with E-state index in [1.165, 1.54) is 0 Å². The number of nitrogens with one attached hydrogen (secondary N) is 1. The second kappa shape index (κ2) is 8.34. The number of carbonyl (C=O) groups is 1. The molecule has 0 aliphatic rings. The fraction of sp³-hybridized carbons (Fsp3) is 0.238. The molecule has 1 heterocycles. The normalized spacial score (nSPS) is 11.8. The minimum atomic E-state index is -0.0444. The molecule has 1 amide bonds. The van der Waals surface area contributed by atoms with Crippen molar-refractivity contribution in [1.29, 1.82) is 0 Å². The van der Waals surface area contributed by atoms with Crippen LogP contribution in [0, 0.1) is 0 Å². The van der Waals surface area contributed by atoms with Crippen LogP contribution in [0.4, 0.5) is 0 Å². The highest BCUT2D eigenvalue weighted by atomic mass is 16.5. The standard InChI is InChI=1S/C21H23N3O2/c1-16(17-7-10-19(11-8-17)24-14-13-22-15-24)23-21(25)12-9-18-5-3-4-6-20(18)26-2/h3-8,10-11,13-16H,9,12H2,1-2H3,(H,23,25)/t16-/m1/s1. The fourth-order valence-electron chi connectivity index (χ4n) is 2.90. The molecule has 0 spiro atoms. The van der Waals surface area contributed by atoms with Crippen molar-refractivity contribution in [3.63, 3.8) is 0 Å². The Morgan fingerprint density at radius 3 is 2.65 bits per heavy atom. The van der Waals surface area contributed by atoms with Gasteiger partial charge in [0.2, 0.25) is 5.91 Å². The van der Waals surface area contributed by atoms with E-state index in [2.05, 4.69) is 10.3 Å². The Bertz CT molecular complexity index is 842. The van der Waals surface area contributed by atoms with Crippen molar-refractivity contribution in [3.05, 3.63) is 78.4 Å². The average molecular weight is 349 g/mol. The number of amides is 1. The lowest BCUT2D eigenvalue weighted by Crippen LogP contribution is -2.26. The van der Waals surface area contributed by atoms with E-state index in [0.29, 0.717) is 12.8 Å². The molecular weight excluding hydrogens is 326 g/mol. The molecule has 5 heteroatoms. The van der Waals surface area contributed by atoms with Gasteiger partial charge in [-0.3, -0.25) is 4.79 Å². The van der Waals surface area contributed by atoms with Crippen molar-refractivity contribution in [2.45, 2.75) is 25.8 Å². The molecule has 0 aliphatic carbocycles. The third-order valence-corrected chi connectivity index (χ3v) is 4.39. The summed E-state index contributed by atoms with van der Waals surface area (Å²) in [5.74, 6) is 0.852. The minimum Gasteiger partial charge on any atom is -0.496 e. The van der Waals surface area contributed by atoms with E-state index in [-0.39, 0.29) is 11.9 Å². The molecule has 5 nitrogen and oxygen atoms in total. The van der Waals surface area contributed by atoms with E-state index in [4.69, 9.17) is 4.74 Å². The Labute approximate surface area is 153 Å². The van der Waals surface area contributed by atoms with Gasteiger partial charge in [0.1, 0.15) is 5.75 Å². The number of para-hydroxylation sites is 1. The van der Waals surface area contributed by atoms with Gasteiger partial charge in [0.25, 0.3) is 0 Å². The number of nitrogens with zero attached hydrogens (tertiary/aromatic N) is 2. The topological polar surface area (TPSA) is 56.1 Å². The first-order chi connectivity index (χ1) is 12.7. The molecule has 1 N–H and O–H groups in total. The van der Waals surface area contributed by atoms with E-state index in [1.807, 2.05) is 66.2 Å². The van der Waals surface area contributed by atoms with Crippen LogP contribution in [0.3, 0.4) is 0 Å². The molecule has 26 heavy (non-hydrogen) atoms. The van der Waals surface area contributed by atoms with Crippen LogP contribution >= 0.6 is 0 Å². The van der Waals surface area contributed by atoms with Crippen LogP contribution in [0.5, 0.6) is 5.75 Å². The summed E-state index contributed by atoms with van der Waals surface area (Å²) >= 11 is 0. The SMILES string of the molecule is COc1ccccc1CCC(=O)N[C@H](C)c1ccc(-n2ccnc2)cc1. The maximum absolute atomic E-state index is 12.3. The number of aromatic nitrogens is 2. The molecule has 0 fully saturated rings. The zero-order valence-corrected chi connectivity index (χ0v) is 15.1. The molecule has 1 aromatic heterocycles. The third-order valence-electron chi connectivity index (χ3n) is 4.39. The van der Waals surface area contributed by atoms with Gasteiger partial charge >= 0.3 is 0 Å². The van der Waals surface area contributed by atoms with Crippen LogP contribution in [0.1, 0.15) is 30.5 Å². The highest BCUT2D eigenvalue weighted by Gasteiger charge is 2.11. The molecule has 0 aliphatic heterocycles. The summed E-state index contributed by atoms with van der Waals surface area (Å²) in [7, 11) is 1.65. The maximum Gasteiger partial charge on any atom is 0.220 e. The lowest BCUT2D eigenvalue weighted by atomic mass is 10.1. The third kappa shape index (κ3) is 4.30. The monoisotopic (exact) mass is 349 g/mol. The molecule has 0 saturated heterocycles. The molecule has 0 unspecified atom stereocenters. The summed E-state index contributed by atoms with van der Waals surface area (Å²) < 4.78 is 7.28. The quantitative estimate of drug-likeness (QED) is 0.708. The van der Waals surface area contributed by atoms with Gasteiger partial charge in [-0.15, -0.1) is 0 Å². The molecule has 3 aromatic rings. The summed E-state index contributed by atoms with van der Waals surface area (Å²) in [6.45, 7) is 1.99. The Morgan fingerprint density at radius 1 is 1.19 bits per heavy atom. The number of ether oxygens (including phenoxy) is 1. The van der Waals surface area contributed by atoms with Crippen molar-refractivity contribution >= 4 is 5.91 Å². The summed E-state index contributed by atoms with van der Waals surface area (Å²) in [4.78, 5) is 16.3. The number of imidazole rings is 1. The largest absolute Gasteiger partial charge is 0.496 e. The number of benzene rings is 2. The first kappa shape index (κ1) is 17.7. The van der Waals surface area contributed by atoms with Gasteiger partial charge in [-0.25, -0.2) is 4.98 Å². The van der Waals surface area contributed by atoms with E-state index in [1.54, 1.807) is 19.6 Å². The molecule has 0 saturated carbocycles. The second-order valence-electron chi connectivity index (χ2n) is 6.16. The highest BCUT2D eigenvalue weighted by molar-refractivity contribution is 5.76. The van der Waals surface area contributed by atoms with Gasteiger partial charge in [0.15, 0.2) is 0 Å². The smallest absolute Gasteiger partial charge is 0.220 e. The van der Waals surface area contributed by atoms with E-state index < -0.39 is 0 Å².